The molecule has 0 aliphatic carbocycles. The Morgan fingerprint density at radius 2 is 1.95 bits per heavy atom. The van der Waals surface area contributed by atoms with Crippen LogP contribution >= 0.6 is 0 Å². The number of nitrogens with one attached hydrogen (secondary N) is 1. The zero-order valence-corrected chi connectivity index (χ0v) is 22.2. The maximum absolute atomic E-state index is 14.9. The van der Waals surface area contributed by atoms with E-state index in [2.05, 4.69) is 10.3 Å². The van der Waals surface area contributed by atoms with Crippen molar-refractivity contribution in [3.05, 3.63) is 56.6 Å². The molecule has 0 spiro atoms. The molecule has 1 unspecified atom stereocenters. The van der Waals surface area contributed by atoms with E-state index in [4.69, 9.17) is 9.47 Å². The highest BCUT2D eigenvalue weighted by molar-refractivity contribution is 5.94. The molecule has 3 heterocycles. The normalized spacial score (nSPS) is 12.8. The van der Waals surface area contributed by atoms with Crippen LogP contribution in [-0.2, 0) is 34.0 Å². The van der Waals surface area contributed by atoms with E-state index in [0.29, 0.717) is 34.2 Å². The molecular formula is C27H32FN3O7. The van der Waals surface area contributed by atoms with Crippen LogP contribution in [0.2, 0.25) is 0 Å². The topological polar surface area (TPSA) is 140 Å². The zero-order valence-electron chi connectivity index (χ0n) is 22.2. The largest absolute Gasteiger partial charge is 0.444 e. The average molecular weight is 530 g/mol. The van der Waals surface area contributed by atoms with Crippen molar-refractivity contribution < 1.29 is 33.7 Å². The molecule has 3 aromatic rings. The van der Waals surface area contributed by atoms with Gasteiger partial charge < -0.3 is 29.0 Å². The SMILES string of the molecule is CC.COCc1c(C(O)C=O)cc2n(c1=O)Cc1c-2nc2cc(F)c(NC(=O)OC(C)(C)C)cc2c1CO. The maximum atomic E-state index is 14.9. The Morgan fingerprint density at radius 3 is 2.53 bits per heavy atom. The summed E-state index contributed by atoms with van der Waals surface area (Å²) in [4.78, 5) is 41.2. The number of halogens is 1. The summed E-state index contributed by atoms with van der Waals surface area (Å²) >= 11 is 0. The number of benzene rings is 1. The van der Waals surface area contributed by atoms with Gasteiger partial charge in [-0.3, -0.25) is 10.1 Å². The van der Waals surface area contributed by atoms with Crippen LogP contribution in [0.3, 0.4) is 0 Å². The molecule has 0 radical (unpaired) electrons. The lowest BCUT2D eigenvalue weighted by Gasteiger charge is -2.20. The van der Waals surface area contributed by atoms with E-state index >= 15 is 0 Å². The van der Waals surface area contributed by atoms with Crippen molar-refractivity contribution in [2.24, 2.45) is 0 Å². The molecule has 0 saturated heterocycles. The third-order valence-corrected chi connectivity index (χ3v) is 5.82. The Labute approximate surface area is 219 Å². The minimum absolute atomic E-state index is 0.0583. The minimum atomic E-state index is -1.55. The maximum Gasteiger partial charge on any atom is 0.412 e. The molecule has 11 heteroatoms. The molecule has 1 atom stereocenters. The molecule has 0 bridgehead atoms. The first-order valence-corrected chi connectivity index (χ1v) is 12.1. The fraction of sp³-hybridized carbons (Fsp3) is 0.407. The zero-order chi connectivity index (χ0) is 28.4. The Kier molecular flexibility index (Phi) is 8.65. The summed E-state index contributed by atoms with van der Waals surface area (Å²) in [5.74, 6) is -0.771. The molecule has 2 aromatic heterocycles. The number of carbonyl (C=O) groups is 2. The number of hydrogen-bond donors (Lipinski definition) is 3. The first-order chi connectivity index (χ1) is 18.0. The highest BCUT2D eigenvalue weighted by Gasteiger charge is 2.30. The van der Waals surface area contributed by atoms with Crippen LogP contribution in [0, 0.1) is 5.82 Å². The highest BCUT2D eigenvalue weighted by Crippen LogP contribution is 2.38. The molecule has 4 rings (SSSR count). The molecule has 1 aromatic carbocycles. The third kappa shape index (κ3) is 5.45. The van der Waals surface area contributed by atoms with Crippen LogP contribution in [0.5, 0.6) is 0 Å². The van der Waals surface area contributed by atoms with Crippen molar-refractivity contribution in [1.82, 2.24) is 9.55 Å². The number of carbonyl (C=O) groups excluding carboxylic acids is 2. The summed E-state index contributed by atoms with van der Waals surface area (Å²) in [6.45, 7) is 8.52. The number of nitrogens with zero attached hydrogens (tertiary/aromatic N) is 2. The van der Waals surface area contributed by atoms with Crippen molar-refractivity contribution in [2.75, 3.05) is 12.4 Å². The van der Waals surface area contributed by atoms with Crippen LogP contribution in [0.4, 0.5) is 14.9 Å². The van der Waals surface area contributed by atoms with Gasteiger partial charge in [-0.1, -0.05) is 13.8 Å². The second kappa shape index (κ2) is 11.4. The minimum Gasteiger partial charge on any atom is -0.444 e. The van der Waals surface area contributed by atoms with Crippen LogP contribution in [0.15, 0.2) is 23.0 Å². The van der Waals surface area contributed by atoms with Gasteiger partial charge >= 0.3 is 6.09 Å². The molecule has 0 fully saturated rings. The van der Waals surface area contributed by atoms with Crippen molar-refractivity contribution >= 4 is 29.0 Å². The molecular weight excluding hydrogens is 497 g/mol. The number of ether oxygens (including phenoxy) is 2. The van der Waals surface area contributed by atoms with Gasteiger partial charge in [-0.05, 0) is 38.5 Å². The van der Waals surface area contributed by atoms with E-state index in [0.717, 1.165) is 6.07 Å². The van der Waals surface area contributed by atoms with Crippen molar-refractivity contribution in [3.8, 4) is 11.4 Å². The summed E-state index contributed by atoms with van der Waals surface area (Å²) in [6, 6.07) is 3.95. The van der Waals surface area contributed by atoms with Gasteiger partial charge in [0.2, 0.25) is 0 Å². The lowest BCUT2D eigenvalue weighted by atomic mass is 9.99. The molecule has 10 nitrogen and oxygen atoms in total. The number of aldehydes is 1. The van der Waals surface area contributed by atoms with Gasteiger partial charge in [-0.15, -0.1) is 0 Å². The molecule has 1 aliphatic rings. The van der Waals surface area contributed by atoms with Gasteiger partial charge in [0.05, 0.1) is 42.4 Å². The van der Waals surface area contributed by atoms with E-state index in [1.807, 2.05) is 13.8 Å². The summed E-state index contributed by atoms with van der Waals surface area (Å²) in [5.41, 5.74) is 0.545. The standard InChI is InChI=1S/C25H26FN3O7.C2H6/c1-25(2,3)36-24(34)28-19-5-12-15(9-30)14-8-29-20(22(14)27-18(12)7-17(19)26)6-13(21(32)10-31)16(11-35-4)23(29)33;1-2/h5-7,10,21,30,32H,8-9,11H2,1-4H3,(H,28,34);1-2H3. The fourth-order valence-electron chi connectivity index (χ4n) is 4.31. The quantitative estimate of drug-likeness (QED) is 0.321. The van der Waals surface area contributed by atoms with E-state index in [1.165, 1.54) is 23.8 Å². The summed E-state index contributed by atoms with van der Waals surface area (Å²) in [6.07, 6.45) is -2.08. The number of rotatable bonds is 6. The van der Waals surface area contributed by atoms with E-state index in [-0.39, 0.29) is 35.5 Å². The second-order valence-electron chi connectivity index (χ2n) is 9.42. The number of anilines is 1. The molecule has 3 N–H and O–H groups in total. The Balaban J connectivity index is 0.00000195. The lowest BCUT2D eigenvalue weighted by molar-refractivity contribution is -0.115. The average Bonchev–Trinajstić information content (AvgIpc) is 3.22. The molecule has 1 amide bonds. The van der Waals surface area contributed by atoms with Crippen LogP contribution in [0.25, 0.3) is 22.3 Å². The summed E-state index contributed by atoms with van der Waals surface area (Å²) < 4.78 is 26.6. The first-order valence-electron chi connectivity index (χ1n) is 12.1. The monoisotopic (exact) mass is 529 g/mol. The number of amides is 1. The van der Waals surface area contributed by atoms with Crippen LogP contribution in [-0.4, -0.2) is 44.9 Å². The lowest BCUT2D eigenvalue weighted by Crippen LogP contribution is -2.27. The van der Waals surface area contributed by atoms with Crippen molar-refractivity contribution in [2.45, 2.75) is 66.1 Å². The van der Waals surface area contributed by atoms with Gasteiger partial charge in [-0.25, -0.2) is 14.2 Å². The van der Waals surface area contributed by atoms with Gasteiger partial charge in [0, 0.05) is 35.3 Å². The van der Waals surface area contributed by atoms with Crippen molar-refractivity contribution in [1.29, 1.82) is 0 Å². The summed E-state index contributed by atoms with van der Waals surface area (Å²) in [5, 5.41) is 23.2. The van der Waals surface area contributed by atoms with Gasteiger partial charge in [-0.2, -0.15) is 0 Å². The number of fused-ring (bicyclic) bond motifs is 4. The fourth-order valence-corrected chi connectivity index (χ4v) is 4.31. The van der Waals surface area contributed by atoms with E-state index in [1.54, 1.807) is 20.8 Å². The molecule has 0 saturated carbocycles. The second-order valence-corrected chi connectivity index (χ2v) is 9.42. The number of hydrogen-bond acceptors (Lipinski definition) is 8. The Bertz CT molecular complexity index is 1440. The van der Waals surface area contributed by atoms with E-state index in [9.17, 15) is 29.0 Å². The predicted molar refractivity (Wildman–Crippen MR) is 139 cm³/mol. The molecule has 204 valence electrons. The predicted octanol–water partition coefficient (Wildman–Crippen LogP) is 3.81. The smallest absolute Gasteiger partial charge is 0.412 e. The van der Waals surface area contributed by atoms with Crippen LogP contribution in [0.1, 0.15) is 63.0 Å². The van der Waals surface area contributed by atoms with Gasteiger partial charge in [0.25, 0.3) is 5.56 Å². The number of methoxy groups -OCH3 is 1. The first kappa shape index (κ1) is 28.9. The number of aliphatic hydroxyl groups is 2. The van der Waals surface area contributed by atoms with Gasteiger partial charge in [0.15, 0.2) is 6.29 Å². The molecule has 1 aliphatic heterocycles. The van der Waals surface area contributed by atoms with Crippen molar-refractivity contribution in [3.63, 3.8) is 0 Å². The number of pyridine rings is 2. The van der Waals surface area contributed by atoms with E-state index < -0.39 is 35.8 Å². The number of aliphatic hydroxyl groups excluding tert-OH is 2. The molecule has 38 heavy (non-hydrogen) atoms. The Hall–Kier alpha value is -3.67. The Morgan fingerprint density at radius 1 is 1.26 bits per heavy atom. The number of aromatic nitrogens is 2. The summed E-state index contributed by atoms with van der Waals surface area (Å²) in [7, 11) is 1.39. The highest BCUT2D eigenvalue weighted by atomic mass is 19.1. The third-order valence-electron chi connectivity index (χ3n) is 5.82. The van der Waals surface area contributed by atoms with Gasteiger partial charge in [0.1, 0.15) is 17.5 Å². The van der Waals surface area contributed by atoms with Crippen LogP contribution < -0.4 is 10.9 Å².